The highest BCUT2D eigenvalue weighted by Gasteiger charge is 2.96. The average Bonchev–Trinajstić information content (AvgIpc) is 2.90. The van der Waals surface area contributed by atoms with E-state index in [1.54, 1.807) is 6.42 Å². The van der Waals surface area contributed by atoms with Crippen LogP contribution in [0.25, 0.3) is 0 Å². The molecule has 7 aliphatic rings. The van der Waals surface area contributed by atoms with Crippen LogP contribution in [0.15, 0.2) is 25.3 Å². The van der Waals surface area contributed by atoms with E-state index in [2.05, 4.69) is 25.3 Å². The molecule has 5 aliphatic carbocycles. The Balaban J connectivity index is 1.63. The van der Waals surface area contributed by atoms with Crippen molar-refractivity contribution in [2.75, 3.05) is 0 Å². The molecule has 2 saturated heterocycles. The Kier molecular flexibility index (Phi) is 1.19. The summed E-state index contributed by atoms with van der Waals surface area (Å²) in [5.74, 6) is 7.75. The SMILES string of the molecule is C=CCC12OC3(CC=C)C4C5CC(C6C5C3C61)C42. The molecule has 18 heavy (non-hydrogen) atoms. The van der Waals surface area contributed by atoms with Crippen LogP contribution in [0.4, 0.5) is 0 Å². The molecule has 0 amide bonds. The minimum Gasteiger partial charge on any atom is -0.367 e. The van der Waals surface area contributed by atoms with E-state index < -0.39 is 0 Å². The molecule has 0 aromatic carbocycles. The van der Waals surface area contributed by atoms with Crippen molar-refractivity contribution < 1.29 is 4.74 Å². The van der Waals surface area contributed by atoms with E-state index in [-0.39, 0.29) is 11.2 Å². The lowest BCUT2D eigenvalue weighted by Crippen LogP contribution is -2.51. The second kappa shape index (κ2) is 2.28. The molecule has 1 heteroatoms. The van der Waals surface area contributed by atoms with Gasteiger partial charge in [0.25, 0.3) is 0 Å². The van der Waals surface area contributed by atoms with Gasteiger partial charge in [-0.2, -0.15) is 0 Å². The van der Waals surface area contributed by atoms with Crippen molar-refractivity contribution in [2.45, 2.75) is 30.5 Å². The van der Waals surface area contributed by atoms with Crippen LogP contribution in [-0.4, -0.2) is 11.2 Å². The highest BCUT2D eigenvalue weighted by Crippen LogP contribution is 2.93. The van der Waals surface area contributed by atoms with Crippen molar-refractivity contribution in [3.8, 4) is 0 Å². The monoisotopic (exact) mass is 240 g/mol. The van der Waals surface area contributed by atoms with Gasteiger partial charge in [0.1, 0.15) is 0 Å². The van der Waals surface area contributed by atoms with E-state index in [1.165, 1.54) is 0 Å². The first-order chi connectivity index (χ1) is 8.80. The normalized spacial score (nSPS) is 74.4. The summed E-state index contributed by atoms with van der Waals surface area (Å²) in [6, 6.07) is 0. The van der Waals surface area contributed by atoms with Crippen molar-refractivity contribution in [1.82, 2.24) is 0 Å². The Morgan fingerprint density at radius 1 is 0.889 bits per heavy atom. The molecular formula is C17H20O. The van der Waals surface area contributed by atoms with E-state index in [0.29, 0.717) is 0 Å². The third kappa shape index (κ3) is 0.537. The average molecular weight is 240 g/mol. The zero-order valence-corrected chi connectivity index (χ0v) is 10.7. The van der Waals surface area contributed by atoms with Crippen LogP contribution in [0, 0.1) is 47.3 Å². The van der Waals surface area contributed by atoms with E-state index in [1.807, 2.05) is 0 Å². The third-order valence-electron chi connectivity index (χ3n) is 8.07. The summed E-state index contributed by atoms with van der Waals surface area (Å²) >= 11 is 0. The van der Waals surface area contributed by atoms with Gasteiger partial charge in [-0.3, -0.25) is 0 Å². The number of ether oxygens (including phenoxy) is 1. The van der Waals surface area contributed by atoms with Gasteiger partial charge < -0.3 is 4.74 Å². The Morgan fingerprint density at radius 2 is 1.39 bits per heavy atom. The first kappa shape index (κ1) is 9.36. The van der Waals surface area contributed by atoms with Gasteiger partial charge in [0.05, 0.1) is 11.2 Å². The van der Waals surface area contributed by atoms with Crippen LogP contribution in [0.5, 0.6) is 0 Å². The van der Waals surface area contributed by atoms with Crippen molar-refractivity contribution in [3.63, 3.8) is 0 Å². The number of hydrogen-bond donors (Lipinski definition) is 0. The Bertz CT molecular complexity index is 462. The van der Waals surface area contributed by atoms with Gasteiger partial charge in [-0.25, -0.2) is 0 Å². The van der Waals surface area contributed by atoms with Gasteiger partial charge in [0.2, 0.25) is 0 Å². The fraction of sp³-hybridized carbons (Fsp3) is 0.765. The summed E-state index contributed by atoms with van der Waals surface area (Å²) in [5.41, 5.74) is 0.467. The molecule has 0 aromatic rings. The van der Waals surface area contributed by atoms with Gasteiger partial charge in [-0.05, 0) is 66.6 Å². The molecular weight excluding hydrogens is 220 g/mol. The zero-order chi connectivity index (χ0) is 11.9. The van der Waals surface area contributed by atoms with E-state index in [0.717, 1.165) is 60.2 Å². The summed E-state index contributed by atoms with van der Waals surface area (Å²) in [6.45, 7) is 8.04. The Hall–Kier alpha value is -0.560. The van der Waals surface area contributed by atoms with Crippen LogP contribution in [0.2, 0.25) is 0 Å². The zero-order valence-electron chi connectivity index (χ0n) is 10.7. The van der Waals surface area contributed by atoms with E-state index in [9.17, 15) is 0 Å². The smallest absolute Gasteiger partial charge is 0.0793 e. The van der Waals surface area contributed by atoms with Crippen LogP contribution in [0.3, 0.4) is 0 Å². The molecule has 2 aliphatic heterocycles. The van der Waals surface area contributed by atoms with E-state index in [4.69, 9.17) is 4.74 Å². The number of hydrogen-bond acceptors (Lipinski definition) is 1. The first-order valence-electron chi connectivity index (χ1n) is 7.72. The van der Waals surface area contributed by atoms with Crippen molar-refractivity contribution >= 4 is 0 Å². The Labute approximate surface area is 108 Å². The van der Waals surface area contributed by atoms with Crippen molar-refractivity contribution in [3.05, 3.63) is 25.3 Å². The highest BCUT2D eigenvalue weighted by atomic mass is 16.5. The predicted octanol–water partition coefficient (Wildman–Crippen LogP) is 3.03. The predicted molar refractivity (Wildman–Crippen MR) is 68.7 cm³/mol. The molecule has 1 nitrogen and oxygen atoms in total. The summed E-state index contributed by atoms with van der Waals surface area (Å²) in [6.07, 6.45) is 8.03. The maximum atomic E-state index is 6.88. The molecule has 0 aromatic heterocycles. The molecule has 10 atom stereocenters. The fourth-order valence-electron chi connectivity index (χ4n) is 8.59. The van der Waals surface area contributed by atoms with Gasteiger partial charge in [-0.15, -0.1) is 13.2 Å². The summed E-state index contributed by atoms with van der Waals surface area (Å²) < 4.78 is 6.88. The molecule has 5 saturated carbocycles. The second-order valence-corrected chi connectivity index (χ2v) is 7.82. The maximum absolute atomic E-state index is 6.88. The topological polar surface area (TPSA) is 9.23 Å². The number of rotatable bonds is 4. The van der Waals surface area contributed by atoms with Crippen LogP contribution < -0.4 is 0 Å². The molecule has 94 valence electrons. The second-order valence-electron chi connectivity index (χ2n) is 7.82. The minimum absolute atomic E-state index is 0.233. The molecule has 7 rings (SSSR count). The maximum Gasteiger partial charge on any atom is 0.0793 e. The molecule has 7 fully saturated rings. The van der Waals surface area contributed by atoms with Crippen molar-refractivity contribution in [1.29, 1.82) is 0 Å². The van der Waals surface area contributed by atoms with Crippen LogP contribution >= 0.6 is 0 Å². The largest absolute Gasteiger partial charge is 0.367 e. The molecule has 2 heterocycles. The summed E-state index contributed by atoms with van der Waals surface area (Å²) in [5, 5.41) is 0. The first-order valence-corrected chi connectivity index (χ1v) is 7.72. The fourth-order valence-corrected chi connectivity index (χ4v) is 8.59. The molecule has 0 radical (unpaired) electrons. The van der Waals surface area contributed by atoms with Gasteiger partial charge in [0.15, 0.2) is 0 Å². The van der Waals surface area contributed by atoms with Crippen molar-refractivity contribution in [2.24, 2.45) is 47.3 Å². The Morgan fingerprint density at radius 3 is 1.83 bits per heavy atom. The van der Waals surface area contributed by atoms with Gasteiger partial charge in [-0.1, -0.05) is 12.2 Å². The van der Waals surface area contributed by atoms with Crippen LogP contribution in [0.1, 0.15) is 19.3 Å². The van der Waals surface area contributed by atoms with Crippen LogP contribution in [-0.2, 0) is 4.74 Å². The molecule has 0 spiro atoms. The molecule has 10 unspecified atom stereocenters. The summed E-state index contributed by atoms with van der Waals surface area (Å²) in [7, 11) is 0. The lowest BCUT2D eigenvalue weighted by Gasteiger charge is -2.47. The standard InChI is InChI=1S/C17H20O/c1-3-5-16-12-8-7-9-11-10(8)14(16)15(11)17(18-16,6-4-2)13(9)12/h3-4,8-15H,1-2,5-7H2. The van der Waals surface area contributed by atoms with Gasteiger partial charge in [0, 0.05) is 0 Å². The lowest BCUT2D eigenvalue weighted by atomic mass is 9.54. The minimum atomic E-state index is 0.233. The van der Waals surface area contributed by atoms with Gasteiger partial charge >= 0.3 is 0 Å². The quantitative estimate of drug-likeness (QED) is 0.686. The van der Waals surface area contributed by atoms with E-state index >= 15 is 0 Å². The third-order valence-corrected chi connectivity index (χ3v) is 8.07. The summed E-state index contributed by atoms with van der Waals surface area (Å²) in [4.78, 5) is 0. The highest BCUT2D eigenvalue weighted by molar-refractivity contribution is 5.43. The molecule has 4 bridgehead atoms. The molecule has 0 N–H and O–H groups in total. The lowest BCUT2D eigenvalue weighted by molar-refractivity contribution is -0.0685.